The Bertz CT molecular complexity index is 1100. The summed E-state index contributed by atoms with van der Waals surface area (Å²) in [6.45, 7) is 2.40. The Labute approximate surface area is 205 Å². The molecule has 2 saturated heterocycles. The molecule has 3 N–H and O–H groups in total. The molecule has 2 heterocycles. The van der Waals surface area contributed by atoms with E-state index < -0.39 is 5.92 Å². The van der Waals surface area contributed by atoms with Crippen molar-refractivity contribution < 1.29 is 23.9 Å². The number of nitrogens with two attached hydrogens (primary N) is 1. The normalized spacial score (nSPS) is 20.5. The number of nitrogens with one attached hydrogen (secondary N) is 1. The number of methoxy groups -OCH3 is 2. The van der Waals surface area contributed by atoms with E-state index >= 15 is 0 Å². The van der Waals surface area contributed by atoms with E-state index in [1.54, 1.807) is 37.3 Å². The van der Waals surface area contributed by atoms with Gasteiger partial charge in [0.05, 0.1) is 26.1 Å². The van der Waals surface area contributed by atoms with E-state index in [0.29, 0.717) is 30.3 Å². The second-order valence-corrected chi connectivity index (χ2v) is 9.07. The van der Waals surface area contributed by atoms with E-state index in [-0.39, 0.29) is 36.6 Å². The average molecular weight is 481 g/mol. The number of anilines is 2. The molecule has 2 aliphatic heterocycles. The maximum Gasteiger partial charge on any atom is 0.229 e. The van der Waals surface area contributed by atoms with Gasteiger partial charge in [0.1, 0.15) is 0 Å². The van der Waals surface area contributed by atoms with E-state index in [1.807, 2.05) is 24.3 Å². The van der Waals surface area contributed by atoms with Crippen molar-refractivity contribution in [2.45, 2.75) is 25.8 Å². The molecule has 2 aliphatic rings. The number of para-hydroxylation sites is 1. The summed E-state index contributed by atoms with van der Waals surface area (Å²) in [7, 11) is 3.09. The maximum absolute atomic E-state index is 13.1. The first kappa shape index (κ1) is 24.5. The molecule has 0 radical (unpaired) electrons. The first-order chi connectivity index (χ1) is 16.9. The molecule has 0 bridgehead atoms. The maximum atomic E-state index is 13.1. The second kappa shape index (κ2) is 10.8. The van der Waals surface area contributed by atoms with E-state index in [1.165, 1.54) is 0 Å². The lowest BCUT2D eigenvalue weighted by Crippen LogP contribution is -2.40. The Morgan fingerprint density at radius 2 is 1.83 bits per heavy atom. The average Bonchev–Trinajstić information content (AvgIpc) is 3.26. The fourth-order valence-corrected chi connectivity index (χ4v) is 4.81. The van der Waals surface area contributed by atoms with Crippen molar-refractivity contribution >= 4 is 29.1 Å². The van der Waals surface area contributed by atoms with Crippen molar-refractivity contribution in [3.05, 3.63) is 48.0 Å². The smallest absolute Gasteiger partial charge is 0.229 e. The van der Waals surface area contributed by atoms with Crippen LogP contribution in [0.4, 0.5) is 11.4 Å². The Kier molecular flexibility index (Phi) is 7.55. The summed E-state index contributed by atoms with van der Waals surface area (Å²) < 4.78 is 10.6. The lowest BCUT2D eigenvalue weighted by Gasteiger charge is -2.31. The minimum atomic E-state index is -0.474. The summed E-state index contributed by atoms with van der Waals surface area (Å²) in [6, 6.07) is 12.9. The van der Waals surface area contributed by atoms with Crippen LogP contribution in [0.15, 0.2) is 42.5 Å². The van der Waals surface area contributed by atoms with Gasteiger partial charge in [-0.05, 0) is 43.1 Å². The highest BCUT2D eigenvalue weighted by molar-refractivity contribution is 6.03. The van der Waals surface area contributed by atoms with Crippen LogP contribution in [0, 0.1) is 11.8 Å². The summed E-state index contributed by atoms with van der Waals surface area (Å²) in [5.74, 6) is -0.0869. The van der Waals surface area contributed by atoms with Crippen LogP contribution in [0.1, 0.15) is 24.8 Å². The van der Waals surface area contributed by atoms with Crippen molar-refractivity contribution in [1.82, 2.24) is 4.90 Å². The Morgan fingerprint density at radius 1 is 1.06 bits per heavy atom. The van der Waals surface area contributed by atoms with Crippen LogP contribution in [-0.2, 0) is 20.9 Å². The number of rotatable bonds is 8. The molecular weight excluding hydrogens is 448 g/mol. The number of likely N-dealkylation sites (tertiary alicyclic amines) is 1. The van der Waals surface area contributed by atoms with Crippen LogP contribution in [0.2, 0.25) is 0 Å². The summed E-state index contributed by atoms with van der Waals surface area (Å²) in [5.41, 5.74) is 7.86. The summed E-state index contributed by atoms with van der Waals surface area (Å²) in [5, 5.41) is 3.03. The van der Waals surface area contributed by atoms with Crippen LogP contribution in [-0.4, -0.2) is 56.5 Å². The van der Waals surface area contributed by atoms with Gasteiger partial charge in [-0.2, -0.15) is 0 Å². The predicted molar refractivity (Wildman–Crippen MR) is 132 cm³/mol. The largest absolute Gasteiger partial charge is 0.493 e. The van der Waals surface area contributed by atoms with Gasteiger partial charge < -0.3 is 25.4 Å². The van der Waals surface area contributed by atoms with Crippen LogP contribution in [0.3, 0.4) is 0 Å². The van der Waals surface area contributed by atoms with Crippen molar-refractivity contribution in [2.75, 3.05) is 44.1 Å². The van der Waals surface area contributed by atoms with E-state index in [9.17, 15) is 14.4 Å². The molecule has 2 aromatic carbocycles. The lowest BCUT2D eigenvalue weighted by atomic mass is 9.97. The quantitative estimate of drug-likeness (QED) is 0.600. The molecule has 4 rings (SSSR count). The fraction of sp³-hybridized carbons (Fsp3) is 0.423. The number of benzene rings is 2. The molecule has 35 heavy (non-hydrogen) atoms. The zero-order chi connectivity index (χ0) is 24.9. The Hall–Kier alpha value is -3.59. The van der Waals surface area contributed by atoms with E-state index in [0.717, 1.165) is 30.6 Å². The van der Waals surface area contributed by atoms with Gasteiger partial charge in [0.25, 0.3) is 0 Å². The molecule has 186 valence electrons. The molecule has 2 aromatic rings. The van der Waals surface area contributed by atoms with Crippen molar-refractivity contribution in [3.8, 4) is 11.5 Å². The number of carbonyl (C=O) groups is 3. The third-order valence-electron chi connectivity index (χ3n) is 6.75. The molecule has 9 heteroatoms. The van der Waals surface area contributed by atoms with Crippen LogP contribution in [0.25, 0.3) is 0 Å². The second-order valence-electron chi connectivity index (χ2n) is 9.07. The van der Waals surface area contributed by atoms with Gasteiger partial charge in [0, 0.05) is 43.5 Å². The minimum Gasteiger partial charge on any atom is -0.493 e. The first-order valence-corrected chi connectivity index (χ1v) is 11.8. The zero-order valence-electron chi connectivity index (χ0n) is 20.2. The fourth-order valence-electron chi connectivity index (χ4n) is 4.81. The van der Waals surface area contributed by atoms with Crippen LogP contribution >= 0.6 is 0 Å². The highest BCUT2D eigenvalue weighted by Gasteiger charge is 2.36. The van der Waals surface area contributed by atoms with Crippen molar-refractivity contribution in [2.24, 2.45) is 17.6 Å². The predicted octanol–water partition coefficient (Wildman–Crippen LogP) is 2.39. The molecule has 2 unspecified atom stereocenters. The first-order valence-electron chi connectivity index (χ1n) is 11.8. The minimum absolute atomic E-state index is 0.114. The number of primary amides is 1. The third kappa shape index (κ3) is 5.57. The Balaban J connectivity index is 1.43. The van der Waals surface area contributed by atoms with Crippen molar-refractivity contribution in [1.29, 1.82) is 0 Å². The van der Waals surface area contributed by atoms with Gasteiger partial charge in [0.15, 0.2) is 11.5 Å². The standard InChI is InChI=1S/C26H32N4O5/c1-34-22-10-9-20(13-23(22)35-2)30-16-19(12-24(30)31)26(33)28-21-8-4-3-6-17(21)14-29-11-5-7-18(15-29)25(27)32/h3-4,6,8-10,13,18-19H,5,7,11-12,14-16H2,1-2H3,(H2,27,32)(H,28,33). The lowest BCUT2D eigenvalue weighted by molar-refractivity contribution is -0.123. The van der Waals surface area contributed by atoms with Gasteiger partial charge in [-0.25, -0.2) is 0 Å². The topological polar surface area (TPSA) is 114 Å². The monoisotopic (exact) mass is 480 g/mol. The summed E-state index contributed by atoms with van der Waals surface area (Å²) >= 11 is 0. The van der Waals surface area contributed by atoms with Crippen molar-refractivity contribution in [3.63, 3.8) is 0 Å². The molecule has 9 nitrogen and oxygen atoms in total. The molecule has 0 aliphatic carbocycles. The number of ether oxygens (including phenoxy) is 2. The van der Waals surface area contributed by atoms with Gasteiger partial charge in [-0.15, -0.1) is 0 Å². The SMILES string of the molecule is COc1ccc(N2CC(C(=O)Nc3ccccc3CN3CCCC(C(N)=O)C3)CC2=O)cc1OC. The van der Waals surface area contributed by atoms with Crippen LogP contribution < -0.4 is 25.4 Å². The highest BCUT2D eigenvalue weighted by Crippen LogP contribution is 2.34. The van der Waals surface area contributed by atoms with Gasteiger partial charge >= 0.3 is 0 Å². The highest BCUT2D eigenvalue weighted by atomic mass is 16.5. The molecule has 0 spiro atoms. The number of carbonyl (C=O) groups excluding carboxylic acids is 3. The number of nitrogens with zero attached hydrogens (tertiary/aromatic N) is 2. The summed E-state index contributed by atoms with van der Waals surface area (Å²) in [6.07, 6.45) is 1.86. The molecule has 3 amide bonds. The zero-order valence-corrected chi connectivity index (χ0v) is 20.2. The summed E-state index contributed by atoms with van der Waals surface area (Å²) in [4.78, 5) is 41.3. The number of amides is 3. The molecule has 0 saturated carbocycles. The third-order valence-corrected chi connectivity index (χ3v) is 6.75. The van der Waals surface area contributed by atoms with Gasteiger partial charge in [0.2, 0.25) is 17.7 Å². The van der Waals surface area contributed by atoms with E-state index in [2.05, 4.69) is 10.2 Å². The van der Waals surface area contributed by atoms with Gasteiger partial charge in [-0.1, -0.05) is 18.2 Å². The van der Waals surface area contributed by atoms with Gasteiger partial charge in [-0.3, -0.25) is 19.3 Å². The number of piperidine rings is 1. The Morgan fingerprint density at radius 3 is 2.57 bits per heavy atom. The molecular formula is C26H32N4O5. The van der Waals surface area contributed by atoms with Crippen LogP contribution in [0.5, 0.6) is 11.5 Å². The van der Waals surface area contributed by atoms with E-state index in [4.69, 9.17) is 15.2 Å². The molecule has 2 atom stereocenters. The molecule has 0 aromatic heterocycles. The number of hydrogen-bond donors (Lipinski definition) is 2. The number of hydrogen-bond acceptors (Lipinski definition) is 6. The molecule has 2 fully saturated rings.